The van der Waals surface area contributed by atoms with E-state index in [-0.39, 0.29) is 36.7 Å². The minimum absolute atomic E-state index is 0.0838. The number of carbonyl (C=O) groups excluding carboxylic acids is 4. The Morgan fingerprint density at radius 3 is 2.00 bits per heavy atom. The third-order valence-electron chi connectivity index (χ3n) is 10.9. The predicted octanol–water partition coefficient (Wildman–Crippen LogP) is 5.63. The molecule has 254 valence electrons. The van der Waals surface area contributed by atoms with Gasteiger partial charge in [-0.15, -0.1) is 0 Å². The molecule has 9 nitrogen and oxygen atoms in total. The fourth-order valence-corrected chi connectivity index (χ4v) is 8.28. The molecule has 2 heterocycles. The first-order valence-electron chi connectivity index (χ1n) is 17.0. The normalized spacial score (nSPS) is 30.6. The molecule has 0 bridgehead atoms. The number of nitrogens with zero attached hydrogens (tertiary/aromatic N) is 1. The van der Waals surface area contributed by atoms with Gasteiger partial charge < -0.3 is 19.1 Å². The molecule has 9 heteroatoms. The minimum atomic E-state index is -1.00. The van der Waals surface area contributed by atoms with Crippen LogP contribution in [-0.4, -0.2) is 61.1 Å². The molecule has 0 unspecified atom stereocenters. The van der Waals surface area contributed by atoms with E-state index in [0.29, 0.717) is 11.8 Å². The summed E-state index contributed by atoms with van der Waals surface area (Å²) in [4.78, 5) is 57.3. The zero-order valence-electron chi connectivity index (χ0n) is 28.7. The average Bonchev–Trinajstić information content (AvgIpc) is 3.67. The van der Waals surface area contributed by atoms with Crippen molar-refractivity contribution in [3.8, 4) is 0 Å². The summed E-state index contributed by atoms with van der Waals surface area (Å²) in [5, 5.41) is 3.36. The molecule has 1 saturated carbocycles. The number of ether oxygens (including phenoxy) is 3. The molecule has 5 rings (SSSR count). The Kier molecular flexibility index (Phi) is 10.7. The molecule has 0 radical (unpaired) electrons. The van der Waals surface area contributed by atoms with Crippen LogP contribution < -0.4 is 5.32 Å². The van der Waals surface area contributed by atoms with Crippen molar-refractivity contribution in [2.24, 2.45) is 29.6 Å². The lowest BCUT2D eigenvalue weighted by atomic mass is 9.75. The Morgan fingerprint density at radius 1 is 0.787 bits per heavy atom. The van der Waals surface area contributed by atoms with Gasteiger partial charge in [-0.1, -0.05) is 75.7 Å². The molecule has 2 aromatic carbocycles. The Bertz CT molecular complexity index is 1470. The number of nitrogens with one attached hydrogen (secondary N) is 1. The Morgan fingerprint density at radius 2 is 1.40 bits per heavy atom. The van der Waals surface area contributed by atoms with Crippen LogP contribution in [0.3, 0.4) is 0 Å². The van der Waals surface area contributed by atoms with Crippen LogP contribution in [0.1, 0.15) is 87.2 Å². The maximum absolute atomic E-state index is 15.0. The van der Waals surface area contributed by atoms with Gasteiger partial charge in [-0.25, -0.2) is 4.79 Å². The molecular weight excluding hydrogens is 596 g/mol. The summed E-state index contributed by atoms with van der Waals surface area (Å²) in [6, 6.07) is 12.4. The molecule has 47 heavy (non-hydrogen) atoms. The maximum Gasteiger partial charge on any atom is 0.328 e. The summed E-state index contributed by atoms with van der Waals surface area (Å²) >= 11 is 0. The first-order chi connectivity index (χ1) is 22.5. The SMILES string of the molecule is COC(=O)[C@@H]1C[C@H](C(=O)N2[C@H](C(=O)OC)C[C@H](C(=O)O[C@@H]3C[C@H](C)CC[C@H]3C(C)C)[C@@H]2c2ccccc2C)[C@H](c2ccccc2C)N1. The van der Waals surface area contributed by atoms with Gasteiger partial charge in [0, 0.05) is 6.04 Å². The quantitative estimate of drug-likeness (QED) is 0.290. The number of hydrogen-bond acceptors (Lipinski definition) is 8. The fraction of sp³-hybridized carbons (Fsp3) is 0.579. The van der Waals surface area contributed by atoms with Gasteiger partial charge in [0.2, 0.25) is 5.91 Å². The van der Waals surface area contributed by atoms with Gasteiger partial charge in [0.25, 0.3) is 0 Å². The van der Waals surface area contributed by atoms with E-state index in [1.807, 2.05) is 62.4 Å². The van der Waals surface area contributed by atoms with E-state index < -0.39 is 47.9 Å². The summed E-state index contributed by atoms with van der Waals surface area (Å²) in [6.07, 6.45) is 2.92. The van der Waals surface area contributed by atoms with Gasteiger partial charge in [0.15, 0.2) is 0 Å². The molecule has 0 aromatic heterocycles. The van der Waals surface area contributed by atoms with Gasteiger partial charge in [-0.3, -0.25) is 19.7 Å². The molecule has 3 fully saturated rings. The van der Waals surface area contributed by atoms with E-state index in [0.717, 1.165) is 41.5 Å². The standard InChI is InChI=1S/C38H50N2O7/c1-21(2)25-17-16-22(3)18-32(25)47-36(42)29-20-31(38(44)46-7)40(34(29)27-15-11-9-13-24(27)5)35(41)28-19-30(37(43)45-6)39-33(28)26-14-10-8-12-23(26)4/h8-15,21-22,25,28-34,39H,16-20H2,1-7H3/t22-,25+,28+,29+,30+,31+,32-,33+,34+/m1/s1. The molecule has 1 amide bonds. The van der Waals surface area contributed by atoms with Gasteiger partial charge in [0.05, 0.1) is 32.1 Å². The molecule has 2 aliphatic heterocycles. The second-order valence-electron chi connectivity index (χ2n) is 14.1. The van der Waals surface area contributed by atoms with Gasteiger partial charge in [-0.05, 0) is 79.5 Å². The molecule has 2 saturated heterocycles. The number of rotatable bonds is 8. The minimum Gasteiger partial charge on any atom is -0.468 e. The molecule has 9 atom stereocenters. The molecular formula is C38H50N2O7. The third kappa shape index (κ3) is 6.96. The second kappa shape index (κ2) is 14.6. The monoisotopic (exact) mass is 646 g/mol. The summed E-state index contributed by atoms with van der Waals surface area (Å²) < 4.78 is 16.7. The number of hydrogen-bond donors (Lipinski definition) is 1. The van der Waals surface area contributed by atoms with Crippen molar-refractivity contribution in [3.05, 3.63) is 70.8 Å². The number of aryl methyl sites for hydroxylation is 2. The summed E-state index contributed by atoms with van der Waals surface area (Å²) in [5.41, 5.74) is 3.55. The highest BCUT2D eigenvalue weighted by Gasteiger charge is 2.56. The van der Waals surface area contributed by atoms with Crippen molar-refractivity contribution in [1.29, 1.82) is 0 Å². The zero-order valence-corrected chi connectivity index (χ0v) is 28.7. The number of amides is 1. The van der Waals surface area contributed by atoms with Crippen molar-refractivity contribution in [2.75, 3.05) is 14.2 Å². The molecule has 1 aliphatic carbocycles. The van der Waals surface area contributed by atoms with E-state index in [1.165, 1.54) is 14.2 Å². The van der Waals surface area contributed by atoms with Crippen LogP contribution in [0.4, 0.5) is 0 Å². The van der Waals surface area contributed by atoms with E-state index >= 15 is 4.79 Å². The smallest absolute Gasteiger partial charge is 0.328 e. The Balaban J connectivity index is 1.57. The number of methoxy groups -OCH3 is 2. The van der Waals surface area contributed by atoms with Crippen molar-refractivity contribution in [1.82, 2.24) is 10.2 Å². The lowest BCUT2D eigenvalue weighted by Crippen LogP contribution is -2.46. The average molecular weight is 647 g/mol. The first-order valence-corrected chi connectivity index (χ1v) is 17.0. The van der Waals surface area contributed by atoms with Gasteiger partial charge in [0.1, 0.15) is 18.2 Å². The lowest BCUT2D eigenvalue weighted by Gasteiger charge is -2.38. The summed E-state index contributed by atoms with van der Waals surface area (Å²) in [7, 11) is 2.63. The predicted molar refractivity (Wildman–Crippen MR) is 177 cm³/mol. The molecule has 1 N–H and O–H groups in total. The fourth-order valence-electron chi connectivity index (χ4n) is 8.28. The van der Waals surface area contributed by atoms with Gasteiger partial charge in [-0.2, -0.15) is 0 Å². The number of likely N-dealkylation sites (tertiary alicyclic amines) is 1. The van der Waals surface area contributed by atoms with Crippen LogP contribution in [0.25, 0.3) is 0 Å². The van der Waals surface area contributed by atoms with Crippen LogP contribution in [0.5, 0.6) is 0 Å². The van der Waals surface area contributed by atoms with Crippen molar-refractivity contribution in [2.45, 2.75) is 97.0 Å². The van der Waals surface area contributed by atoms with E-state index in [2.05, 4.69) is 26.1 Å². The zero-order chi connectivity index (χ0) is 34.0. The maximum atomic E-state index is 15.0. The van der Waals surface area contributed by atoms with E-state index in [9.17, 15) is 14.4 Å². The van der Waals surface area contributed by atoms with Crippen LogP contribution in [0, 0.1) is 43.4 Å². The highest BCUT2D eigenvalue weighted by Crippen LogP contribution is 2.47. The van der Waals surface area contributed by atoms with Crippen molar-refractivity contribution in [3.63, 3.8) is 0 Å². The van der Waals surface area contributed by atoms with Crippen LogP contribution in [-0.2, 0) is 33.4 Å². The van der Waals surface area contributed by atoms with Crippen LogP contribution >= 0.6 is 0 Å². The molecule has 3 aliphatic rings. The highest BCUT2D eigenvalue weighted by atomic mass is 16.5. The second-order valence-corrected chi connectivity index (χ2v) is 14.1. The first kappa shape index (κ1) is 34.6. The summed E-state index contributed by atoms with van der Waals surface area (Å²) in [6.45, 7) is 10.4. The number of carbonyl (C=O) groups is 4. The third-order valence-corrected chi connectivity index (χ3v) is 10.9. The van der Waals surface area contributed by atoms with Gasteiger partial charge >= 0.3 is 17.9 Å². The molecule has 2 aromatic rings. The Labute approximate surface area is 278 Å². The van der Waals surface area contributed by atoms with E-state index in [1.54, 1.807) is 4.90 Å². The van der Waals surface area contributed by atoms with Crippen molar-refractivity contribution < 1.29 is 33.4 Å². The highest BCUT2D eigenvalue weighted by molar-refractivity contribution is 5.91. The van der Waals surface area contributed by atoms with Crippen LogP contribution in [0.2, 0.25) is 0 Å². The van der Waals surface area contributed by atoms with E-state index in [4.69, 9.17) is 14.2 Å². The summed E-state index contributed by atoms with van der Waals surface area (Å²) in [5.74, 6) is -2.19. The number of esters is 3. The topological polar surface area (TPSA) is 111 Å². The largest absolute Gasteiger partial charge is 0.468 e. The Hall–Kier alpha value is -3.72. The van der Waals surface area contributed by atoms with Crippen LogP contribution in [0.15, 0.2) is 48.5 Å². The molecule has 0 spiro atoms. The number of benzene rings is 2. The van der Waals surface area contributed by atoms with Crippen molar-refractivity contribution >= 4 is 23.8 Å². The lowest BCUT2D eigenvalue weighted by molar-refractivity contribution is -0.162.